The van der Waals surface area contributed by atoms with Crippen molar-refractivity contribution in [2.75, 3.05) is 5.73 Å². The van der Waals surface area contributed by atoms with Gasteiger partial charge in [0.05, 0.1) is 12.1 Å². The van der Waals surface area contributed by atoms with Crippen LogP contribution in [0, 0.1) is 0 Å². The van der Waals surface area contributed by atoms with Crippen LogP contribution in [0.1, 0.15) is 23.2 Å². The molecule has 0 saturated carbocycles. The van der Waals surface area contributed by atoms with Crippen molar-refractivity contribution in [3.8, 4) is 0 Å². The number of carbonyl (C=O) groups is 1. The zero-order valence-corrected chi connectivity index (χ0v) is 8.28. The molecular weight excluding hydrogens is 220 g/mol. The molecule has 88 valence electrons. The number of anilines is 1. The van der Waals surface area contributed by atoms with E-state index in [-0.39, 0.29) is 23.6 Å². The van der Waals surface area contributed by atoms with Gasteiger partial charge in [0.15, 0.2) is 0 Å². The summed E-state index contributed by atoms with van der Waals surface area (Å²) in [5.74, 6) is -1.31. The minimum absolute atomic E-state index is 0.0563. The Hall–Kier alpha value is -1.76. The first-order chi connectivity index (χ1) is 7.45. The first-order valence-corrected chi connectivity index (χ1v) is 4.43. The lowest BCUT2D eigenvalue weighted by atomic mass is 10.0. The molecule has 0 aromatic carbocycles. The molecule has 1 aromatic rings. The van der Waals surface area contributed by atoms with Gasteiger partial charge in [-0.05, 0) is 11.6 Å². The van der Waals surface area contributed by atoms with E-state index in [1.165, 1.54) is 0 Å². The minimum Gasteiger partial charge on any atom is -0.481 e. The third kappa shape index (κ3) is 2.63. The highest BCUT2D eigenvalue weighted by Crippen LogP contribution is 2.26. The molecule has 1 heterocycles. The van der Waals surface area contributed by atoms with Gasteiger partial charge in [0.25, 0.3) is 6.43 Å². The lowest BCUT2D eigenvalue weighted by Crippen LogP contribution is -2.13. The fourth-order valence-corrected chi connectivity index (χ4v) is 1.39. The van der Waals surface area contributed by atoms with Crippen LogP contribution in [0.4, 0.5) is 14.6 Å². The molecular formula is C9H11F2N3O2. The number of aromatic nitrogens is 1. The molecule has 0 aliphatic rings. The average Bonchev–Trinajstić information content (AvgIpc) is 2.19. The number of halogens is 2. The van der Waals surface area contributed by atoms with E-state index in [1.807, 2.05) is 0 Å². The Kier molecular flexibility index (Phi) is 3.73. The summed E-state index contributed by atoms with van der Waals surface area (Å²) in [4.78, 5) is 14.3. The molecule has 0 radical (unpaired) electrons. The van der Waals surface area contributed by atoms with Gasteiger partial charge >= 0.3 is 5.97 Å². The van der Waals surface area contributed by atoms with Gasteiger partial charge in [-0.2, -0.15) is 0 Å². The molecule has 1 aromatic heterocycles. The van der Waals surface area contributed by atoms with Crippen molar-refractivity contribution in [2.24, 2.45) is 5.73 Å². The molecule has 0 unspecified atom stereocenters. The van der Waals surface area contributed by atoms with Crippen LogP contribution in [0.5, 0.6) is 0 Å². The number of nitrogens with zero attached hydrogens (tertiary/aromatic N) is 1. The van der Waals surface area contributed by atoms with E-state index in [4.69, 9.17) is 16.6 Å². The summed E-state index contributed by atoms with van der Waals surface area (Å²) in [7, 11) is 0. The van der Waals surface area contributed by atoms with E-state index < -0.39 is 24.4 Å². The van der Waals surface area contributed by atoms with Gasteiger partial charge in [-0.25, -0.2) is 13.8 Å². The molecule has 0 bridgehead atoms. The van der Waals surface area contributed by atoms with Crippen molar-refractivity contribution in [1.82, 2.24) is 4.98 Å². The van der Waals surface area contributed by atoms with Crippen LogP contribution in [0.25, 0.3) is 0 Å². The molecule has 0 saturated heterocycles. The van der Waals surface area contributed by atoms with Crippen LogP contribution in [0.3, 0.4) is 0 Å². The van der Waals surface area contributed by atoms with Gasteiger partial charge in [0.1, 0.15) is 5.82 Å². The predicted molar refractivity (Wildman–Crippen MR) is 52.8 cm³/mol. The lowest BCUT2D eigenvalue weighted by molar-refractivity contribution is -0.136. The number of hydrogen-bond donors (Lipinski definition) is 3. The topological polar surface area (TPSA) is 102 Å². The number of aliphatic carboxylic acids is 1. The summed E-state index contributed by atoms with van der Waals surface area (Å²) in [6.45, 7) is -0.132. The SMILES string of the molecule is NCc1nc(N)cc(C(F)F)c1CC(=O)O. The number of nitrogens with two attached hydrogens (primary N) is 2. The molecule has 0 spiro atoms. The van der Waals surface area contributed by atoms with Crippen LogP contribution in [-0.4, -0.2) is 16.1 Å². The average molecular weight is 231 g/mol. The van der Waals surface area contributed by atoms with Crippen LogP contribution < -0.4 is 11.5 Å². The van der Waals surface area contributed by atoms with E-state index >= 15 is 0 Å². The number of hydrogen-bond acceptors (Lipinski definition) is 4. The van der Waals surface area contributed by atoms with Crippen LogP contribution in [0.15, 0.2) is 6.07 Å². The quantitative estimate of drug-likeness (QED) is 0.707. The normalized spacial score (nSPS) is 10.8. The predicted octanol–water partition coefficient (Wildman–Crippen LogP) is 0.687. The highest BCUT2D eigenvalue weighted by molar-refractivity contribution is 5.71. The molecule has 0 amide bonds. The van der Waals surface area contributed by atoms with Gasteiger partial charge < -0.3 is 16.6 Å². The summed E-state index contributed by atoms with van der Waals surface area (Å²) in [6.07, 6.45) is -3.34. The largest absolute Gasteiger partial charge is 0.481 e. The van der Waals surface area contributed by atoms with Crippen LogP contribution in [-0.2, 0) is 17.8 Å². The molecule has 1 rings (SSSR count). The number of carboxylic acids is 1. The number of alkyl halides is 2. The van der Waals surface area contributed by atoms with E-state index in [0.717, 1.165) is 6.07 Å². The van der Waals surface area contributed by atoms with Crippen molar-refractivity contribution in [3.05, 3.63) is 22.9 Å². The lowest BCUT2D eigenvalue weighted by Gasteiger charge is -2.12. The molecule has 5 N–H and O–H groups in total. The van der Waals surface area contributed by atoms with Gasteiger partial charge in [-0.1, -0.05) is 0 Å². The number of carboxylic acid groups (broad SMARTS) is 1. The number of nitrogen functional groups attached to an aromatic ring is 1. The molecule has 16 heavy (non-hydrogen) atoms. The second-order valence-corrected chi connectivity index (χ2v) is 3.14. The molecule has 0 aliphatic heterocycles. The number of rotatable bonds is 4. The molecule has 0 atom stereocenters. The van der Waals surface area contributed by atoms with Crippen molar-refractivity contribution >= 4 is 11.8 Å². The Balaban J connectivity index is 3.32. The summed E-state index contributed by atoms with van der Waals surface area (Å²) in [5, 5.41) is 8.62. The third-order valence-electron chi connectivity index (χ3n) is 2.02. The van der Waals surface area contributed by atoms with Gasteiger partial charge in [-0.15, -0.1) is 0 Å². The first-order valence-electron chi connectivity index (χ1n) is 4.43. The maximum absolute atomic E-state index is 12.7. The van der Waals surface area contributed by atoms with E-state index in [0.29, 0.717) is 0 Å². The maximum atomic E-state index is 12.7. The van der Waals surface area contributed by atoms with Crippen molar-refractivity contribution in [3.63, 3.8) is 0 Å². The van der Waals surface area contributed by atoms with Gasteiger partial charge in [-0.3, -0.25) is 4.79 Å². The maximum Gasteiger partial charge on any atom is 0.307 e. The zero-order valence-electron chi connectivity index (χ0n) is 8.28. The minimum atomic E-state index is -2.80. The van der Waals surface area contributed by atoms with Crippen molar-refractivity contribution in [1.29, 1.82) is 0 Å². The first kappa shape index (κ1) is 12.3. The monoisotopic (exact) mass is 231 g/mol. The third-order valence-corrected chi connectivity index (χ3v) is 2.02. The van der Waals surface area contributed by atoms with E-state index in [9.17, 15) is 13.6 Å². The summed E-state index contributed by atoms with van der Waals surface area (Å²) >= 11 is 0. The Labute approximate surface area is 90.1 Å². The molecule has 0 fully saturated rings. The number of pyridine rings is 1. The summed E-state index contributed by atoms with van der Waals surface area (Å²) in [6, 6.07) is 0.974. The van der Waals surface area contributed by atoms with Gasteiger partial charge in [0, 0.05) is 12.1 Å². The Bertz CT molecular complexity index is 410. The summed E-state index contributed by atoms with van der Waals surface area (Å²) in [5.41, 5.74) is 10.3. The fourth-order valence-electron chi connectivity index (χ4n) is 1.39. The van der Waals surface area contributed by atoms with Crippen LogP contribution in [0.2, 0.25) is 0 Å². The highest BCUT2D eigenvalue weighted by Gasteiger charge is 2.19. The Morgan fingerprint density at radius 2 is 2.19 bits per heavy atom. The van der Waals surface area contributed by atoms with E-state index in [2.05, 4.69) is 4.98 Å². The molecule has 5 nitrogen and oxygen atoms in total. The van der Waals surface area contributed by atoms with Crippen LogP contribution >= 0.6 is 0 Å². The zero-order chi connectivity index (χ0) is 12.3. The molecule has 7 heteroatoms. The van der Waals surface area contributed by atoms with Crippen molar-refractivity contribution in [2.45, 2.75) is 19.4 Å². The molecule has 0 aliphatic carbocycles. The van der Waals surface area contributed by atoms with Gasteiger partial charge in [0.2, 0.25) is 0 Å². The Morgan fingerprint density at radius 3 is 2.62 bits per heavy atom. The smallest absolute Gasteiger partial charge is 0.307 e. The standard InChI is InChI=1S/C9H11F2N3O2/c10-9(11)5-1-7(13)14-6(3-12)4(5)2-8(15)16/h1,9H,2-3,12H2,(H2,13,14)(H,15,16). The highest BCUT2D eigenvalue weighted by atomic mass is 19.3. The fraction of sp³-hybridized carbons (Fsp3) is 0.333. The Morgan fingerprint density at radius 1 is 1.56 bits per heavy atom. The van der Waals surface area contributed by atoms with E-state index in [1.54, 1.807) is 0 Å². The van der Waals surface area contributed by atoms with Crippen molar-refractivity contribution < 1.29 is 18.7 Å². The summed E-state index contributed by atoms with van der Waals surface area (Å²) < 4.78 is 25.3. The second kappa shape index (κ2) is 4.84. The second-order valence-electron chi connectivity index (χ2n) is 3.14.